The maximum absolute atomic E-state index is 12.1. The summed E-state index contributed by atoms with van der Waals surface area (Å²) >= 11 is 0. The van der Waals surface area contributed by atoms with Crippen molar-refractivity contribution in [1.29, 1.82) is 0 Å². The number of nitrogens with one attached hydrogen (secondary N) is 3. The first-order valence-electron chi connectivity index (χ1n) is 6.50. The summed E-state index contributed by atoms with van der Waals surface area (Å²) in [6, 6.07) is -0.124. The molecule has 0 bridgehead atoms. The van der Waals surface area contributed by atoms with E-state index in [4.69, 9.17) is 0 Å². The highest BCUT2D eigenvalue weighted by Gasteiger charge is 2.31. The molecule has 5 heteroatoms. The number of carbonyl (C=O) groups is 2. The summed E-state index contributed by atoms with van der Waals surface area (Å²) in [4.78, 5) is 23.6. The fraction of sp³-hybridized carbons (Fsp3) is 0.833. The fourth-order valence-corrected chi connectivity index (χ4v) is 2.59. The van der Waals surface area contributed by atoms with Crippen molar-refractivity contribution < 1.29 is 9.59 Å². The molecule has 0 aromatic carbocycles. The molecule has 5 nitrogen and oxygen atoms in total. The molecule has 2 amide bonds. The Morgan fingerprint density at radius 2 is 2.06 bits per heavy atom. The summed E-state index contributed by atoms with van der Waals surface area (Å²) in [5, 5.41) is 8.96. The topological polar surface area (TPSA) is 70.2 Å². The monoisotopic (exact) mass is 239 g/mol. The minimum Gasteiger partial charge on any atom is -0.354 e. The second-order valence-electron chi connectivity index (χ2n) is 4.99. The largest absolute Gasteiger partial charge is 0.354 e. The van der Waals surface area contributed by atoms with Crippen molar-refractivity contribution >= 4 is 11.8 Å². The Labute approximate surface area is 102 Å². The van der Waals surface area contributed by atoms with E-state index in [1.165, 1.54) is 0 Å². The predicted molar refractivity (Wildman–Crippen MR) is 64.4 cm³/mol. The van der Waals surface area contributed by atoms with E-state index in [0.29, 0.717) is 0 Å². The predicted octanol–water partition coefficient (Wildman–Crippen LogP) is -0.231. The third kappa shape index (κ3) is 2.97. The molecule has 0 aromatic rings. The van der Waals surface area contributed by atoms with Crippen molar-refractivity contribution in [2.45, 2.75) is 44.7 Å². The summed E-state index contributed by atoms with van der Waals surface area (Å²) in [6.07, 6.45) is 3.63. The first kappa shape index (κ1) is 12.4. The van der Waals surface area contributed by atoms with E-state index < -0.39 is 0 Å². The Kier molecular flexibility index (Phi) is 3.99. The quantitative estimate of drug-likeness (QED) is 0.623. The van der Waals surface area contributed by atoms with Crippen molar-refractivity contribution in [2.75, 3.05) is 13.1 Å². The highest BCUT2D eigenvalue weighted by Crippen LogP contribution is 2.17. The van der Waals surface area contributed by atoms with Gasteiger partial charge >= 0.3 is 0 Å². The molecule has 2 aliphatic heterocycles. The van der Waals surface area contributed by atoms with Gasteiger partial charge in [-0.1, -0.05) is 0 Å². The fourth-order valence-electron chi connectivity index (χ4n) is 2.59. The van der Waals surface area contributed by atoms with Gasteiger partial charge in [0.1, 0.15) is 6.04 Å². The zero-order valence-electron chi connectivity index (χ0n) is 10.3. The third-order valence-corrected chi connectivity index (χ3v) is 3.70. The first-order chi connectivity index (χ1) is 8.18. The molecular weight excluding hydrogens is 218 g/mol. The average molecular weight is 239 g/mol. The van der Waals surface area contributed by atoms with Crippen LogP contribution in [0, 0.1) is 5.92 Å². The number of amides is 2. The molecule has 0 spiro atoms. The lowest BCUT2D eigenvalue weighted by Crippen LogP contribution is -2.54. The van der Waals surface area contributed by atoms with Crippen LogP contribution in [0.25, 0.3) is 0 Å². The molecule has 96 valence electrons. The van der Waals surface area contributed by atoms with Gasteiger partial charge in [-0.25, -0.2) is 0 Å². The first-order valence-corrected chi connectivity index (χ1v) is 6.50. The molecule has 2 rings (SSSR count). The van der Waals surface area contributed by atoms with Crippen LogP contribution in [0.4, 0.5) is 0 Å². The number of carbonyl (C=O) groups excluding carboxylic acids is 2. The molecular formula is C12H21N3O2. The number of hydrogen-bond acceptors (Lipinski definition) is 3. The van der Waals surface area contributed by atoms with E-state index in [9.17, 15) is 9.59 Å². The number of hydrogen-bond donors (Lipinski definition) is 3. The molecule has 17 heavy (non-hydrogen) atoms. The molecule has 0 aliphatic carbocycles. The molecule has 2 fully saturated rings. The Hall–Kier alpha value is -1.10. The van der Waals surface area contributed by atoms with Crippen LogP contribution in [0.2, 0.25) is 0 Å². The van der Waals surface area contributed by atoms with Crippen molar-refractivity contribution in [3.8, 4) is 0 Å². The lowest BCUT2D eigenvalue weighted by molar-refractivity contribution is -0.133. The third-order valence-electron chi connectivity index (χ3n) is 3.70. The van der Waals surface area contributed by atoms with Crippen molar-refractivity contribution in [2.24, 2.45) is 5.92 Å². The van der Waals surface area contributed by atoms with Crippen LogP contribution in [0.3, 0.4) is 0 Å². The van der Waals surface area contributed by atoms with Gasteiger partial charge in [0.05, 0.1) is 5.92 Å². The number of piperidine rings is 2. The second-order valence-corrected chi connectivity index (χ2v) is 4.99. The molecule has 2 aliphatic rings. The van der Waals surface area contributed by atoms with Crippen molar-refractivity contribution in [1.82, 2.24) is 16.0 Å². The molecule has 3 unspecified atom stereocenters. The number of rotatable bonds is 2. The zero-order chi connectivity index (χ0) is 12.3. The van der Waals surface area contributed by atoms with Crippen LogP contribution in [0.5, 0.6) is 0 Å². The Morgan fingerprint density at radius 1 is 1.29 bits per heavy atom. The van der Waals surface area contributed by atoms with Gasteiger partial charge in [-0.15, -0.1) is 0 Å². The molecule has 2 saturated heterocycles. The van der Waals surface area contributed by atoms with E-state index in [0.717, 1.165) is 38.8 Å². The molecule has 2 heterocycles. The summed E-state index contributed by atoms with van der Waals surface area (Å²) in [5.41, 5.74) is 0. The zero-order valence-corrected chi connectivity index (χ0v) is 10.3. The maximum Gasteiger partial charge on any atom is 0.242 e. The lowest BCUT2D eigenvalue weighted by Gasteiger charge is -2.31. The smallest absolute Gasteiger partial charge is 0.242 e. The minimum atomic E-state index is -0.328. The van der Waals surface area contributed by atoms with Gasteiger partial charge in [-0.2, -0.15) is 0 Å². The molecule has 3 atom stereocenters. The normalized spacial score (nSPS) is 33.9. The molecule has 3 N–H and O–H groups in total. The van der Waals surface area contributed by atoms with E-state index in [-0.39, 0.29) is 29.8 Å². The molecule has 0 radical (unpaired) electrons. The Bertz CT molecular complexity index is 306. The Morgan fingerprint density at radius 3 is 2.76 bits per heavy atom. The van der Waals surface area contributed by atoms with E-state index >= 15 is 0 Å². The molecule has 0 saturated carbocycles. The van der Waals surface area contributed by atoms with Crippen molar-refractivity contribution in [3.05, 3.63) is 0 Å². The standard InChI is InChI=1S/C12H21N3O2/c1-8-9(4-2-6-13-8)11(16)15-10-5-3-7-14-12(10)17/h8-10,13H,2-7H2,1H3,(H,14,17)(H,15,16). The average Bonchev–Trinajstić information content (AvgIpc) is 2.32. The van der Waals surface area contributed by atoms with Crippen molar-refractivity contribution in [3.63, 3.8) is 0 Å². The van der Waals surface area contributed by atoms with Gasteiger partial charge in [0.25, 0.3) is 0 Å². The Balaban J connectivity index is 1.89. The van der Waals surface area contributed by atoms with Crippen LogP contribution >= 0.6 is 0 Å². The van der Waals surface area contributed by atoms with E-state index in [1.54, 1.807) is 0 Å². The van der Waals surface area contributed by atoms with Gasteiger partial charge in [0, 0.05) is 12.6 Å². The summed E-state index contributed by atoms with van der Waals surface area (Å²) in [6.45, 7) is 3.74. The van der Waals surface area contributed by atoms with Crippen LogP contribution < -0.4 is 16.0 Å². The second kappa shape index (κ2) is 5.49. The lowest BCUT2D eigenvalue weighted by atomic mass is 9.90. The van der Waals surface area contributed by atoms with Gasteiger partial charge in [-0.3, -0.25) is 9.59 Å². The van der Waals surface area contributed by atoms with Crippen LogP contribution in [-0.2, 0) is 9.59 Å². The summed E-state index contributed by atoms with van der Waals surface area (Å²) in [5.74, 6) is -0.0220. The summed E-state index contributed by atoms with van der Waals surface area (Å²) < 4.78 is 0. The maximum atomic E-state index is 12.1. The SMILES string of the molecule is CC1NCCCC1C(=O)NC1CCCNC1=O. The van der Waals surface area contributed by atoms with Gasteiger partial charge in [0.2, 0.25) is 11.8 Å². The van der Waals surface area contributed by atoms with E-state index in [2.05, 4.69) is 16.0 Å². The van der Waals surface area contributed by atoms with Crippen LogP contribution in [-0.4, -0.2) is 37.0 Å². The van der Waals surface area contributed by atoms with Crippen LogP contribution in [0.15, 0.2) is 0 Å². The van der Waals surface area contributed by atoms with Gasteiger partial charge in [-0.05, 0) is 39.2 Å². The van der Waals surface area contributed by atoms with Crippen LogP contribution in [0.1, 0.15) is 32.6 Å². The van der Waals surface area contributed by atoms with E-state index in [1.807, 2.05) is 6.92 Å². The summed E-state index contributed by atoms with van der Waals surface area (Å²) in [7, 11) is 0. The highest BCUT2D eigenvalue weighted by molar-refractivity contribution is 5.89. The van der Waals surface area contributed by atoms with Gasteiger partial charge < -0.3 is 16.0 Å². The minimum absolute atomic E-state index is 0.00141. The molecule has 0 aromatic heterocycles. The van der Waals surface area contributed by atoms with Gasteiger partial charge in [0.15, 0.2) is 0 Å². The highest BCUT2D eigenvalue weighted by atomic mass is 16.2.